The molecule has 0 bridgehead atoms. The molecular formula is C8H7N3. The fraction of sp³-hybridized carbons (Fsp3) is 0.250. The summed E-state index contributed by atoms with van der Waals surface area (Å²) in [6.45, 7) is 0. The SMILES string of the molecule is CN1C=C(C#N)CC(C#N)=C1. The maximum Gasteiger partial charge on any atom is 0.0966 e. The lowest BCUT2D eigenvalue weighted by atomic mass is 10.1. The minimum atomic E-state index is 0.470. The van der Waals surface area contributed by atoms with Crippen LogP contribution in [0.2, 0.25) is 0 Å². The molecule has 3 heteroatoms. The molecule has 0 amide bonds. The molecule has 0 unspecified atom stereocenters. The molecule has 1 rings (SSSR count). The fourth-order valence-corrected chi connectivity index (χ4v) is 0.962. The number of nitriles is 2. The van der Waals surface area contributed by atoms with Gasteiger partial charge in [-0.15, -0.1) is 0 Å². The summed E-state index contributed by atoms with van der Waals surface area (Å²) in [5, 5.41) is 17.1. The standard InChI is InChI=1S/C8H7N3/c1-11-5-7(3-9)2-8(4-10)6-11/h5-6H,2H2,1H3. The first-order valence-electron chi connectivity index (χ1n) is 3.20. The van der Waals surface area contributed by atoms with Crippen molar-refractivity contribution in [3.63, 3.8) is 0 Å². The van der Waals surface area contributed by atoms with E-state index in [1.807, 2.05) is 12.1 Å². The number of rotatable bonds is 0. The van der Waals surface area contributed by atoms with Gasteiger partial charge >= 0.3 is 0 Å². The lowest BCUT2D eigenvalue weighted by Gasteiger charge is -2.14. The van der Waals surface area contributed by atoms with Crippen LogP contribution < -0.4 is 0 Å². The summed E-state index contributed by atoms with van der Waals surface area (Å²) in [7, 11) is 1.80. The molecule has 0 spiro atoms. The smallest absolute Gasteiger partial charge is 0.0966 e. The van der Waals surface area contributed by atoms with Crippen LogP contribution in [0.3, 0.4) is 0 Å². The molecule has 3 nitrogen and oxygen atoms in total. The Balaban J connectivity index is 2.85. The molecule has 0 aliphatic carbocycles. The maximum absolute atomic E-state index is 8.54. The van der Waals surface area contributed by atoms with Crippen LogP contribution in [0.4, 0.5) is 0 Å². The first-order valence-corrected chi connectivity index (χ1v) is 3.20. The van der Waals surface area contributed by atoms with Crippen LogP contribution in [0.5, 0.6) is 0 Å². The molecule has 0 fully saturated rings. The van der Waals surface area contributed by atoms with Crippen molar-refractivity contribution in [2.45, 2.75) is 6.42 Å². The topological polar surface area (TPSA) is 50.8 Å². The summed E-state index contributed by atoms with van der Waals surface area (Å²) in [5.41, 5.74) is 1.26. The Bertz CT molecular complexity index is 268. The van der Waals surface area contributed by atoms with Gasteiger partial charge < -0.3 is 4.90 Å². The number of hydrogen-bond donors (Lipinski definition) is 0. The predicted octanol–water partition coefficient (Wildman–Crippen LogP) is 1.14. The van der Waals surface area contributed by atoms with Gasteiger partial charge in [-0.25, -0.2) is 0 Å². The zero-order valence-electron chi connectivity index (χ0n) is 6.20. The van der Waals surface area contributed by atoms with E-state index in [-0.39, 0.29) is 0 Å². The third-order valence-electron chi connectivity index (χ3n) is 1.39. The molecule has 0 atom stereocenters. The lowest BCUT2D eigenvalue weighted by Crippen LogP contribution is -2.08. The van der Waals surface area contributed by atoms with Gasteiger partial charge in [-0.05, 0) is 0 Å². The van der Waals surface area contributed by atoms with E-state index in [0.29, 0.717) is 17.6 Å². The normalized spacial score (nSPS) is 16.1. The van der Waals surface area contributed by atoms with E-state index in [9.17, 15) is 0 Å². The van der Waals surface area contributed by atoms with E-state index in [1.54, 1.807) is 24.3 Å². The Hall–Kier alpha value is -1.74. The van der Waals surface area contributed by atoms with Crippen molar-refractivity contribution in [2.24, 2.45) is 0 Å². The predicted molar refractivity (Wildman–Crippen MR) is 39.8 cm³/mol. The molecule has 0 saturated heterocycles. The number of nitrogens with zero attached hydrogens (tertiary/aromatic N) is 3. The van der Waals surface area contributed by atoms with Gasteiger partial charge in [0, 0.05) is 25.9 Å². The maximum atomic E-state index is 8.54. The third-order valence-corrected chi connectivity index (χ3v) is 1.39. The van der Waals surface area contributed by atoms with Crippen molar-refractivity contribution in [2.75, 3.05) is 7.05 Å². The van der Waals surface area contributed by atoms with Crippen LogP contribution in [-0.4, -0.2) is 11.9 Å². The second-order valence-corrected chi connectivity index (χ2v) is 2.37. The Kier molecular flexibility index (Phi) is 1.94. The van der Waals surface area contributed by atoms with Crippen LogP contribution in [-0.2, 0) is 0 Å². The molecule has 1 aliphatic heterocycles. The van der Waals surface area contributed by atoms with Crippen molar-refractivity contribution in [1.82, 2.24) is 4.90 Å². The monoisotopic (exact) mass is 145 g/mol. The molecule has 0 aromatic carbocycles. The van der Waals surface area contributed by atoms with Crippen molar-refractivity contribution in [1.29, 1.82) is 10.5 Å². The van der Waals surface area contributed by atoms with Crippen molar-refractivity contribution < 1.29 is 0 Å². The summed E-state index contributed by atoms with van der Waals surface area (Å²) >= 11 is 0. The summed E-state index contributed by atoms with van der Waals surface area (Å²) in [4.78, 5) is 1.72. The third kappa shape index (κ3) is 1.59. The van der Waals surface area contributed by atoms with Gasteiger partial charge in [0.1, 0.15) is 0 Å². The fourth-order valence-electron chi connectivity index (χ4n) is 0.962. The van der Waals surface area contributed by atoms with Crippen LogP contribution in [0.25, 0.3) is 0 Å². The lowest BCUT2D eigenvalue weighted by molar-refractivity contribution is 0.601. The minimum Gasteiger partial charge on any atom is -0.355 e. The zero-order valence-corrected chi connectivity index (χ0v) is 6.20. The van der Waals surface area contributed by atoms with E-state index in [4.69, 9.17) is 10.5 Å². The van der Waals surface area contributed by atoms with Gasteiger partial charge in [0.05, 0.1) is 23.3 Å². The van der Waals surface area contributed by atoms with E-state index in [0.717, 1.165) is 0 Å². The molecule has 0 aromatic heterocycles. The average Bonchev–Trinajstić information content (AvgIpc) is 2.03. The molecule has 1 aliphatic rings. The van der Waals surface area contributed by atoms with Crippen molar-refractivity contribution in [3.05, 3.63) is 23.5 Å². The number of allylic oxidation sites excluding steroid dienone is 2. The molecule has 54 valence electrons. The van der Waals surface area contributed by atoms with E-state index in [2.05, 4.69) is 0 Å². The molecule has 0 radical (unpaired) electrons. The largest absolute Gasteiger partial charge is 0.355 e. The molecule has 0 saturated carbocycles. The molecule has 11 heavy (non-hydrogen) atoms. The van der Waals surface area contributed by atoms with Gasteiger partial charge in [0.25, 0.3) is 0 Å². The zero-order chi connectivity index (χ0) is 8.27. The van der Waals surface area contributed by atoms with Crippen LogP contribution in [0.15, 0.2) is 23.5 Å². The Morgan fingerprint density at radius 2 is 1.73 bits per heavy atom. The molecular weight excluding hydrogens is 138 g/mol. The highest BCUT2D eigenvalue weighted by Gasteiger charge is 2.07. The van der Waals surface area contributed by atoms with Gasteiger partial charge in [-0.1, -0.05) is 0 Å². The molecule has 1 heterocycles. The van der Waals surface area contributed by atoms with E-state index >= 15 is 0 Å². The summed E-state index contributed by atoms with van der Waals surface area (Å²) in [6.07, 6.45) is 3.92. The first-order chi connectivity index (χ1) is 5.26. The van der Waals surface area contributed by atoms with Gasteiger partial charge in [0.2, 0.25) is 0 Å². The van der Waals surface area contributed by atoms with Gasteiger partial charge in [0.15, 0.2) is 0 Å². The molecule has 0 N–H and O–H groups in total. The van der Waals surface area contributed by atoms with Crippen molar-refractivity contribution in [3.8, 4) is 12.1 Å². The Labute approximate surface area is 65.5 Å². The highest BCUT2D eigenvalue weighted by molar-refractivity contribution is 5.36. The van der Waals surface area contributed by atoms with Crippen LogP contribution >= 0.6 is 0 Å². The van der Waals surface area contributed by atoms with Gasteiger partial charge in [-0.2, -0.15) is 10.5 Å². The molecule has 0 aromatic rings. The summed E-state index contributed by atoms with van der Waals surface area (Å²) in [5.74, 6) is 0. The summed E-state index contributed by atoms with van der Waals surface area (Å²) < 4.78 is 0. The van der Waals surface area contributed by atoms with Crippen molar-refractivity contribution >= 4 is 0 Å². The second-order valence-electron chi connectivity index (χ2n) is 2.37. The average molecular weight is 145 g/mol. The minimum absolute atomic E-state index is 0.470. The first kappa shape index (κ1) is 7.37. The summed E-state index contributed by atoms with van der Waals surface area (Å²) in [6, 6.07) is 4.05. The van der Waals surface area contributed by atoms with Crippen LogP contribution in [0, 0.1) is 22.7 Å². The Morgan fingerprint density at radius 1 is 1.27 bits per heavy atom. The Morgan fingerprint density at radius 3 is 2.09 bits per heavy atom. The number of hydrogen-bond acceptors (Lipinski definition) is 3. The van der Waals surface area contributed by atoms with E-state index in [1.165, 1.54) is 0 Å². The quantitative estimate of drug-likeness (QED) is 0.513. The van der Waals surface area contributed by atoms with Crippen LogP contribution in [0.1, 0.15) is 6.42 Å². The second kappa shape index (κ2) is 2.90. The highest BCUT2D eigenvalue weighted by Crippen LogP contribution is 2.15. The van der Waals surface area contributed by atoms with E-state index < -0.39 is 0 Å². The highest BCUT2D eigenvalue weighted by atomic mass is 15.1. The van der Waals surface area contributed by atoms with Gasteiger partial charge in [-0.3, -0.25) is 0 Å².